The Kier molecular flexibility index (Phi) is 6.89. The molecule has 8 heteroatoms. The number of hydrogen-bond acceptors (Lipinski definition) is 5. The van der Waals surface area contributed by atoms with Crippen molar-refractivity contribution < 1.29 is 4.74 Å². The molecule has 2 atom stereocenters. The minimum absolute atomic E-state index is 0.00531. The number of hydrogen-bond donors (Lipinski definition) is 1. The van der Waals surface area contributed by atoms with Gasteiger partial charge in [-0.1, -0.05) is 12.1 Å². The standard InChI is InChI=1S/C26H32N6OS/c1-19-16-22(20(2)32(19)18-21-6-5-8-27-17-21)25-24(23-7-3-4-9-28-23)29-26(34)31(25)11-10-30-12-14-33-15-13-30/h3-9,16-17,24-25H,10-15,18H2,1-2H3,(H,29,34)/t24-,25-/m1/s1. The molecule has 3 aromatic heterocycles. The first kappa shape index (κ1) is 23.0. The van der Waals surface area contributed by atoms with Crippen LogP contribution in [0.3, 0.4) is 0 Å². The third kappa shape index (κ3) is 4.71. The SMILES string of the molecule is Cc1cc([C@@H]2[C@@H](c3ccccn3)NC(=S)N2CCN2CCOCC2)c(C)n1Cc1cccnc1. The largest absolute Gasteiger partial charge is 0.379 e. The van der Waals surface area contributed by atoms with E-state index in [1.165, 1.54) is 22.5 Å². The van der Waals surface area contributed by atoms with Crippen LogP contribution in [0.5, 0.6) is 0 Å². The van der Waals surface area contributed by atoms with E-state index in [0.29, 0.717) is 0 Å². The van der Waals surface area contributed by atoms with Crippen LogP contribution in [0.4, 0.5) is 0 Å². The van der Waals surface area contributed by atoms with Crippen molar-refractivity contribution in [1.82, 2.24) is 29.7 Å². The smallest absolute Gasteiger partial charge is 0.170 e. The van der Waals surface area contributed by atoms with Crippen molar-refractivity contribution in [3.63, 3.8) is 0 Å². The zero-order chi connectivity index (χ0) is 23.5. The van der Waals surface area contributed by atoms with Crippen molar-refractivity contribution in [3.05, 3.63) is 83.2 Å². The van der Waals surface area contributed by atoms with Gasteiger partial charge in [0.25, 0.3) is 0 Å². The van der Waals surface area contributed by atoms with E-state index in [2.05, 4.69) is 56.7 Å². The summed E-state index contributed by atoms with van der Waals surface area (Å²) in [5.74, 6) is 0. The number of nitrogens with one attached hydrogen (secondary N) is 1. The maximum atomic E-state index is 5.88. The van der Waals surface area contributed by atoms with Gasteiger partial charge in [-0.2, -0.15) is 0 Å². The lowest BCUT2D eigenvalue weighted by molar-refractivity contribution is 0.0350. The minimum Gasteiger partial charge on any atom is -0.379 e. The Labute approximate surface area is 206 Å². The highest BCUT2D eigenvalue weighted by atomic mass is 32.1. The van der Waals surface area contributed by atoms with Crippen LogP contribution in [0.2, 0.25) is 0 Å². The second kappa shape index (κ2) is 10.2. The lowest BCUT2D eigenvalue weighted by Gasteiger charge is -2.32. The maximum Gasteiger partial charge on any atom is 0.170 e. The summed E-state index contributed by atoms with van der Waals surface area (Å²) in [6.07, 6.45) is 5.62. The summed E-state index contributed by atoms with van der Waals surface area (Å²) in [6, 6.07) is 12.6. The molecule has 5 rings (SSSR count). The number of aryl methyl sites for hydroxylation is 1. The summed E-state index contributed by atoms with van der Waals surface area (Å²) in [5.41, 5.74) is 6.01. The second-order valence-electron chi connectivity index (χ2n) is 9.05. The topological polar surface area (TPSA) is 58.5 Å². The zero-order valence-electron chi connectivity index (χ0n) is 19.9. The summed E-state index contributed by atoms with van der Waals surface area (Å²) in [5, 5.41) is 4.39. The zero-order valence-corrected chi connectivity index (χ0v) is 20.7. The fourth-order valence-corrected chi connectivity index (χ4v) is 5.44. The van der Waals surface area contributed by atoms with Crippen molar-refractivity contribution >= 4 is 17.3 Å². The third-order valence-electron chi connectivity index (χ3n) is 6.95. The van der Waals surface area contributed by atoms with E-state index in [1.807, 2.05) is 36.8 Å². The first-order valence-corrected chi connectivity index (χ1v) is 12.4. The van der Waals surface area contributed by atoms with Crippen LogP contribution >= 0.6 is 12.2 Å². The molecule has 0 bridgehead atoms. The van der Waals surface area contributed by atoms with E-state index in [0.717, 1.165) is 56.7 Å². The van der Waals surface area contributed by atoms with E-state index in [1.54, 1.807) is 0 Å². The van der Waals surface area contributed by atoms with Crippen molar-refractivity contribution in [1.29, 1.82) is 0 Å². The van der Waals surface area contributed by atoms with E-state index < -0.39 is 0 Å². The summed E-state index contributed by atoms with van der Waals surface area (Å²) in [6.45, 7) is 10.6. The van der Waals surface area contributed by atoms with Gasteiger partial charge in [-0.25, -0.2) is 0 Å². The fraction of sp³-hybridized carbons (Fsp3) is 0.423. The molecule has 0 saturated carbocycles. The minimum atomic E-state index is 0.00531. The molecule has 178 valence electrons. The van der Waals surface area contributed by atoms with Crippen LogP contribution < -0.4 is 5.32 Å². The number of pyridine rings is 2. The van der Waals surface area contributed by atoms with Crippen LogP contribution in [0.15, 0.2) is 55.0 Å². The van der Waals surface area contributed by atoms with Gasteiger partial charge < -0.3 is 19.5 Å². The fourth-order valence-electron chi connectivity index (χ4n) is 5.10. The van der Waals surface area contributed by atoms with Crippen LogP contribution in [0.25, 0.3) is 0 Å². The highest BCUT2D eigenvalue weighted by Crippen LogP contribution is 2.40. The molecule has 0 aliphatic carbocycles. The number of nitrogens with zero attached hydrogens (tertiary/aromatic N) is 5. The van der Waals surface area contributed by atoms with Gasteiger partial charge in [-0.05, 0) is 61.5 Å². The normalized spacial score (nSPS) is 21.1. The Morgan fingerprint density at radius 2 is 1.94 bits per heavy atom. The first-order valence-electron chi connectivity index (χ1n) is 12.0. The number of rotatable bonds is 7. The molecule has 0 radical (unpaired) electrons. The van der Waals surface area contributed by atoms with Gasteiger partial charge in [0.2, 0.25) is 0 Å². The van der Waals surface area contributed by atoms with Gasteiger partial charge in [0, 0.05) is 62.7 Å². The number of aromatic nitrogens is 3. The summed E-state index contributed by atoms with van der Waals surface area (Å²) >= 11 is 5.88. The van der Waals surface area contributed by atoms with Crippen LogP contribution in [-0.4, -0.2) is 68.8 Å². The molecule has 2 saturated heterocycles. The summed E-state index contributed by atoms with van der Waals surface area (Å²) < 4.78 is 7.91. The monoisotopic (exact) mass is 476 g/mol. The molecular formula is C26H32N6OS. The molecule has 5 heterocycles. The van der Waals surface area contributed by atoms with Gasteiger partial charge in [-0.15, -0.1) is 0 Å². The maximum absolute atomic E-state index is 5.88. The average Bonchev–Trinajstić information content (AvgIpc) is 3.35. The van der Waals surface area contributed by atoms with E-state index >= 15 is 0 Å². The number of ether oxygens (including phenoxy) is 1. The van der Waals surface area contributed by atoms with Crippen molar-refractivity contribution in [2.75, 3.05) is 39.4 Å². The Hall–Kier alpha value is -2.81. The Morgan fingerprint density at radius 3 is 2.68 bits per heavy atom. The van der Waals surface area contributed by atoms with E-state index in [4.69, 9.17) is 21.9 Å². The second-order valence-corrected chi connectivity index (χ2v) is 9.43. The van der Waals surface area contributed by atoms with Gasteiger partial charge in [-0.3, -0.25) is 14.9 Å². The Balaban J connectivity index is 1.47. The number of morpholine rings is 1. The lowest BCUT2D eigenvalue weighted by Crippen LogP contribution is -2.42. The van der Waals surface area contributed by atoms with Gasteiger partial charge >= 0.3 is 0 Å². The predicted octanol–water partition coefficient (Wildman–Crippen LogP) is 3.25. The summed E-state index contributed by atoms with van der Waals surface area (Å²) in [4.78, 5) is 13.8. The molecule has 0 spiro atoms. The van der Waals surface area contributed by atoms with Gasteiger partial charge in [0.05, 0.1) is 31.0 Å². The van der Waals surface area contributed by atoms with Gasteiger partial charge in [0.15, 0.2) is 5.11 Å². The van der Waals surface area contributed by atoms with Crippen LogP contribution in [0, 0.1) is 13.8 Å². The van der Waals surface area contributed by atoms with Crippen LogP contribution in [0.1, 0.15) is 40.3 Å². The van der Waals surface area contributed by atoms with Crippen molar-refractivity contribution in [3.8, 4) is 0 Å². The third-order valence-corrected chi connectivity index (χ3v) is 7.31. The van der Waals surface area contributed by atoms with Crippen molar-refractivity contribution in [2.45, 2.75) is 32.5 Å². The highest BCUT2D eigenvalue weighted by Gasteiger charge is 2.41. The van der Waals surface area contributed by atoms with Crippen molar-refractivity contribution in [2.24, 2.45) is 0 Å². The Morgan fingerprint density at radius 1 is 1.09 bits per heavy atom. The van der Waals surface area contributed by atoms with E-state index in [9.17, 15) is 0 Å². The first-order chi connectivity index (χ1) is 16.6. The molecule has 0 amide bonds. The molecule has 2 aliphatic heterocycles. The molecule has 34 heavy (non-hydrogen) atoms. The van der Waals surface area contributed by atoms with Crippen LogP contribution in [-0.2, 0) is 11.3 Å². The molecule has 2 fully saturated rings. The molecule has 0 aromatic carbocycles. The Bertz CT molecular complexity index is 1110. The number of thiocarbonyl (C=S) groups is 1. The predicted molar refractivity (Wildman–Crippen MR) is 137 cm³/mol. The average molecular weight is 477 g/mol. The molecule has 1 N–H and O–H groups in total. The molecule has 3 aromatic rings. The van der Waals surface area contributed by atoms with E-state index in [-0.39, 0.29) is 12.1 Å². The molecule has 2 aliphatic rings. The van der Waals surface area contributed by atoms with Gasteiger partial charge in [0.1, 0.15) is 0 Å². The molecule has 0 unspecified atom stereocenters. The molecule has 7 nitrogen and oxygen atoms in total. The molecular weight excluding hydrogens is 444 g/mol. The quantitative estimate of drug-likeness (QED) is 0.526. The summed E-state index contributed by atoms with van der Waals surface area (Å²) in [7, 11) is 0. The highest BCUT2D eigenvalue weighted by molar-refractivity contribution is 7.80. The lowest BCUT2D eigenvalue weighted by atomic mass is 9.96.